The summed E-state index contributed by atoms with van der Waals surface area (Å²) in [6.45, 7) is 6.43. The van der Waals surface area contributed by atoms with Crippen LogP contribution in [0.4, 0.5) is 5.82 Å². The lowest BCUT2D eigenvalue weighted by Gasteiger charge is -2.19. The van der Waals surface area contributed by atoms with Gasteiger partial charge in [-0.2, -0.15) is 0 Å². The van der Waals surface area contributed by atoms with Crippen LogP contribution in [0.2, 0.25) is 0 Å². The van der Waals surface area contributed by atoms with Crippen LogP contribution in [-0.2, 0) is 10.2 Å². The van der Waals surface area contributed by atoms with Crippen LogP contribution in [0.5, 0.6) is 11.5 Å². The Morgan fingerprint density at radius 3 is 2.50 bits per heavy atom. The molecule has 0 atom stereocenters. The molecule has 1 N–H and O–H groups in total. The minimum Gasteiger partial charge on any atom is -0.454 e. The number of hydrogen-bond acceptors (Lipinski definition) is 4. The fourth-order valence-electron chi connectivity index (χ4n) is 4.17. The van der Waals surface area contributed by atoms with Crippen molar-refractivity contribution in [3.63, 3.8) is 0 Å². The first-order valence-corrected chi connectivity index (χ1v) is 10.2. The minimum atomic E-state index is -0.516. The Morgan fingerprint density at radius 1 is 0.967 bits per heavy atom. The molecule has 0 saturated heterocycles. The number of amides is 1. The van der Waals surface area contributed by atoms with E-state index in [4.69, 9.17) is 9.47 Å². The molecule has 0 unspecified atom stereocenters. The zero-order valence-electron chi connectivity index (χ0n) is 17.4. The van der Waals surface area contributed by atoms with Crippen LogP contribution in [0.3, 0.4) is 0 Å². The van der Waals surface area contributed by atoms with Gasteiger partial charge in [0.2, 0.25) is 12.7 Å². The summed E-state index contributed by atoms with van der Waals surface area (Å²) >= 11 is 0. The molecular weight excluding hydrogens is 376 g/mol. The van der Waals surface area contributed by atoms with Crippen LogP contribution >= 0.6 is 0 Å². The van der Waals surface area contributed by atoms with Gasteiger partial charge in [-0.25, -0.2) is 4.98 Å². The van der Waals surface area contributed by atoms with E-state index < -0.39 is 5.41 Å². The van der Waals surface area contributed by atoms with Crippen LogP contribution in [-0.4, -0.2) is 17.7 Å². The maximum atomic E-state index is 13.2. The molecule has 0 bridgehead atoms. The summed E-state index contributed by atoms with van der Waals surface area (Å²) in [4.78, 5) is 17.9. The highest BCUT2D eigenvalue weighted by Crippen LogP contribution is 2.51. The summed E-state index contributed by atoms with van der Waals surface area (Å²) in [7, 11) is 0. The van der Waals surface area contributed by atoms with Crippen molar-refractivity contribution in [3.05, 3.63) is 70.9 Å². The lowest BCUT2D eigenvalue weighted by molar-refractivity contribution is -0.118. The number of fused-ring (bicyclic) bond motifs is 1. The summed E-state index contributed by atoms with van der Waals surface area (Å²) in [6.07, 6.45) is 3.50. The SMILES string of the molecule is Cc1ccccc1-c1cnc(NC(=O)C2(c3ccc4c(c3)OCO4)CC2)c(C)c1C. The van der Waals surface area contributed by atoms with Crippen molar-refractivity contribution in [1.82, 2.24) is 4.98 Å². The third kappa shape index (κ3) is 2.93. The van der Waals surface area contributed by atoms with Crippen LogP contribution in [0.1, 0.15) is 35.1 Å². The average molecular weight is 400 g/mol. The van der Waals surface area contributed by atoms with Gasteiger partial charge in [-0.05, 0) is 73.6 Å². The largest absolute Gasteiger partial charge is 0.454 e. The van der Waals surface area contributed by atoms with E-state index in [1.165, 1.54) is 11.1 Å². The Hall–Kier alpha value is -3.34. The maximum absolute atomic E-state index is 13.2. The molecule has 1 amide bonds. The number of rotatable bonds is 4. The number of aromatic nitrogens is 1. The molecule has 2 aliphatic rings. The molecule has 5 heteroatoms. The first kappa shape index (κ1) is 18.7. The Morgan fingerprint density at radius 2 is 1.73 bits per heavy atom. The number of benzene rings is 2. The summed E-state index contributed by atoms with van der Waals surface area (Å²) in [5.41, 5.74) is 6.04. The predicted octanol–water partition coefficient (Wildman–Crippen LogP) is 5.07. The maximum Gasteiger partial charge on any atom is 0.236 e. The third-order valence-corrected chi connectivity index (χ3v) is 6.42. The Labute approximate surface area is 176 Å². The molecule has 152 valence electrons. The molecule has 5 nitrogen and oxygen atoms in total. The van der Waals surface area contributed by atoms with Gasteiger partial charge in [0.15, 0.2) is 11.5 Å². The van der Waals surface area contributed by atoms with Crippen molar-refractivity contribution in [3.8, 4) is 22.6 Å². The van der Waals surface area contributed by atoms with Crippen LogP contribution < -0.4 is 14.8 Å². The summed E-state index contributed by atoms with van der Waals surface area (Å²) < 4.78 is 10.9. The standard InChI is InChI=1S/C25H24N2O3/c1-15-6-4-5-7-19(15)20-13-26-23(17(3)16(20)2)27-24(28)25(10-11-25)18-8-9-21-22(12-18)30-14-29-21/h4-9,12-13H,10-11,14H2,1-3H3,(H,26,27,28). The second kappa shape index (κ2) is 6.87. The normalized spacial score (nSPS) is 15.7. The Balaban J connectivity index is 1.43. The topological polar surface area (TPSA) is 60.5 Å². The van der Waals surface area contributed by atoms with Crippen LogP contribution in [0.15, 0.2) is 48.7 Å². The van der Waals surface area contributed by atoms with Crippen molar-refractivity contribution in [2.45, 2.75) is 39.0 Å². The molecule has 30 heavy (non-hydrogen) atoms. The van der Waals surface area contributed by atoms with Gasteiger partial charge < -0.3 is 14.8 Å². The van der Waals surface area contributed by atoms with Gasteiger partial charge >= 0.3 is 0 Å². The van der Waals surface area contributed by atoms with Crippen molar-refractivity contribution < 1.29 is 14.3 Å². The van der Waals surface area contributed by atoms with Gasteiger partial charge in [-0.15, -0.1) is 0 Å². The summed E-state index contributed by atoms with van der Waals surface area (Å²) in [5, 5.41) is 3.09. The molecule has 1 aromatic heterocycles. The highest BCUT2D eigenvalue weighted by molar-refractivity contribution is 6.01. The first-order chi connectivity index (χ1) is 14.5. The summed E-state index contributed by atoms with van der Waals surface area (Å²) in [6, 6.07) is 14.1. The van der Waals surface area contributed by atoms with Crippen molar-refractivity contribution in [1.29, 1.82) is 0 Å². The van der Waals surface area contributed by atoms with Gasteiger partial charge in [0, 0.05) is 11.8 Å². The number of nitrogens with zero attached hydrogens (tertiary/aromatic N) is 1. The third-order valence-electron chi connectivity index (χ3n) is 6.42. The number of pyridine rings is 1. The van der Waals surface area contributed by atoms with Crippen molar-refractivity contribution in [2.75, 3.05) is 12.1 Å². The second-order valence-electron chi connectivity index (χ2n) is 8.19. The lowest BCUT2D eigenvalue weighted by atomic mass is 9.93. The fourth-order valence-corrected chi connectivity index (χ4v) is 4.17. The number of ether oxygens (including phenoxy) is 2. The molecule has 0 radical (unpaired) electrons. The monoisotopic (exact) mass is 400 g/mol. The van der Waals surface area contributed by atoms with Crippen LogP contribution in [0.25, 0.3) is 11.1 Å². The summed E-state index contributed by atoms with van der Waals surface area (Å²) in [5.74, 6) is 2.05. The Kier molecular flexibility index (Phi) is 4.28. The first-order valence-electron chi connectivity index (χ1n) is 10.2. The molecule has 1 aliphatic heterocycles. The van der Waals surface area contributed by atoms with Crippen LogP contribution in [0, 0.1) is 20.8 Å². The van der Waals surface area contributed by atoms with E-state index in [9.17, 15) is 4.79 Å². The molecule has 0 spiro atoms. The van der Waals surface area contributed by atoms with E-state index in [1.807, 2.05) is 43.5 Å². The van der Waals surface area contributed by atoms with E-state index in [1.54, 1.807) is 0 Å². The molecular formula is C25H24N2O3. The molecule has 1 fully saturated rings. The van der Waals surface area contributed by atoms with Crippen molar-refractivity contribution in [2.24, 2.45) is 0 Å². The molecule has 1 aliphatic carbocycles. The van der Waals surface area contributed by atoms with E-state index in [-0.39, 0.29) is 12.7 Å². The number of carbonyl (C=O) groups is 1. The number of hydrogen-bond donors (Lipinski definition) is 1. The van der Waals surface area contributed by atoms with E-state index >= 15 is 0 Å². The second-order valence-corrected chi connectivity index (χ2v) is 8.19. The molecule has 3 aromatic rings. The van der Waals surface area contributed by atoms with Gasteiger partial charge in [-0.3, -0.25) is 4.79 Å². The fraction of sp³-hybridized carbons (Fsp3) is 0.280. The number of carbonyl (C=O) groups excluding carboxylic acids is 1. The highest BCUT2D eigenvalue weighted by atomic mass is 16.7. The quantitative estimate of drug-likeness (QED) is 0.664. The smallest absolute Gasteiger partial charge is 0.236 e. The average Bonchev–Trinajstić information content (AvgIpc) is 3.43. The highest BCUT2D eigenvalue weighted by Gasteiger charge is 2.52. The van der Waals surface area contributed by atoms with E-state index in [2.05, 4.69) is 36.3 Å². The molecule has 2 heterocycles. The number of nitrogens with one attached hydrogen (secondary N) is 1. The zero-order valence-corrected chi connectivity index (χ0v) is 17.4. The molecule has 1 saturated carbocycles. The number of aryl methyl sites for hydroxylation is 1. The van der Waals surface area contributed by atoms with Crippen molar-refractivity contribution >= 4 is 11.7 Å². The van der Waals surface area contributed by atoms with Gasteiger partial charge in [0.05, 0.1) is 5.41 Å². The molecule has 5 rings (SSSR count). The Bertz CT molecular complexity index is 1170. The predicted molar refractivity (Wildman–Crippen MR) is 116 cm³/mol. The minimum absolute atomic E-state index is 0.0139. The lowest BCUT2D eigenvalue weighted by Crippen LogP contribution is -2.28. The van der Waals surface area contributed by atoms with E-state index in [0.29, 0.717) is 11.6 Å². The molecule has 2 aromatic carbocycles. The zero-order chi connectivity index (χ0) is 20.9. The van der Waals surface area contributed by atoms with Gasteiger partial charge in [0.1, 0.15) is 5.82 Å². The van der Waals surface area contributed by atoms with E-state index in [0.717, 1.165) is 40.8 Å². The van der Waals surface area contributed by atoms with Gasteiger partial charge in [0.25, 0.3) is 0 Å². The number of anilines is 1. The van der Waals surface area contributed by atoms with Gasteiger partial charge in [-0.1, -0.05) is 30.3 Å².